The third-order valence-electron chi connectivity index (χ3n) is 6.63. The van der Waals surface area contributed by atoms with Crippen LogP contribution in [0.15, 0.2) is 48.5 Å². The molecule has 2 aromatic rings. The van der Waals surface area contributed by atoms with E-state index in [0.717, 1.165) is 11.1 Å². The van der Waals surface area contributed by atoms with Crippen molar-refractivity contribution in [1.29, 1.82) is 0 Å². The van der Waals surface area contributed by atoms with E-state index in [4.69, 9.17) is 0 Å². The van der Waals surface area contributed by atoms with Gasteiger partial charge in [0.1, 0.15) is 0 Å². The minimum atomic E-state index is -6.41. The summed E-state index contributed by atoms with van der Waals surface area (Å²) in [6.45, 7) is 1.52. The number of rotatable bonds is 4. The molecule has 2 unspecified atom stereocenters. The van der Waals surface area contributed by atoms with Gasteiger partial charge in [-0.3, -0.25) is 4.79 Å². The number of halogens is 6. The average Bonchev–Trinajstić information content (AvgIpc) is 2.70. The zero-order valence-corrected chi connectivity index (χ0v) is 18.2. The maximum atomic E-state index is 13.7. The Morgan fingerprint density at radius 1 is 0.853 bits per heavy atom. The minimum absolute atomic E-state index is 0.510. The number of hydrogen-bond donors (Lipinski definition) is 0. The first-order chi connectivity index (χ1) is 15.6. The van der Waals surface area contributed by atoms with Crippen LogP contribution >= 0.6 is 0 Å². The first-order valence-electron chi connectivity index (χ1n) is 10.1. The standard InChI is InChI=1S/C22H18F6O5S/c1-11-16-12-6-2-4-8-14(12)18(15-9-5-3-7-13(15)16)17(11)19(29)33-20(21(23,24)25,22(26,27)28)10-34(30,31)32/h2-9,11,16-18H,10H2,1H3,(H,30,31,32)/p-1. The van der Waals surface area contributed by atoms with Crippen molar-refractivity contribution in [1.82, 2.24) is 0 Å². The van der Waals surface area contributed by atoms with Gasteiger partial charge in [0.2, 0.25) is 0 Å². The Hall–Kier alpha value is -2.60. The largest absolute Gasteiger partial charge is 0.748 e. The quantitative estimate of drug-likeness (QED) is 0.346. The number of benzene rings is 2. The van der Waals surface area contributed by atoms with Crippen molar-refractivity contribution in [3.63, 3.8) is 0 Å². The molecule has 184 valence electrons. The van der Waals surface area contributed by atoms with Crippen molar-refractivity contribution in [2.24, 2.45) is 11.8 Å². The van der Waals surface area contributed by atoms with Gasteiger partial charge in [0.05, 0.1) is 21.8 Å². The summed E-state index contributed by atoms with van der Waals surface area (Å²) in [5.74, 6) is -8.56. The van der Waals surface area contributed by atoms with Crippen LogP contribution in [0.1, 0.15) is 41.0 Å². The van der Waals surface area contributed by atoms with E-state index in [9.17, 15) is 44.1 Å². The van der Waals surface area contributed by atoms with Crippen LogP contribution in [-0.2, 0) is 19.6 Å². The van der Waals surface area contributed by atoms with Crippen molar-refractivity contribution in [2.75, 3.05) is 5.75 Å². The molecule has 2 aromatic carbocycles. The number of carbonyl (C=O) groups is 1. The highest BCUT2D eigenvalue weighted by Gasteiger charge is 2.75. The lowest BCUT2D eigenvalue weighted by atomic mass is 9.54. The molecule has 3 aliphatic rings. The molecule has 0 saturated carbocycles. The van der Waals surface area contributed by atoms with E-state index in [0.29, 0.717) is 11.1 Å². The Morgan fingerprint density at radius 2 is 1.24 bits per heavy atom. The van der Waals surface area contributed by atoms with Gasteiger partial charge >= 0.3 is 23.9 Å². The lowest BCUT2D eigenvalue weighted by molar-refractivity contribution is -0.362. The summed E-state index contributed by atoms with van der Waals surface area (Å²) in [6.07, 6.45) is -12.8. The Kier molecular flexibility index (Phi) is 5.56. The fraction of sp³-hybridized carbons (Fsp3) is 0.409. The Morgan fingerprint density at radius 3 is 1.59 bits per heavy atom. The molecule has 0 aliphatic heterocycles. The summed E-state index contributed by atoms with van der Waals surface area (Å²) >= 11 is 0. The molecule has 0 aromatic heterocycles. The van der Waals surface area contributed by atoms with Crippen LogP contribution in [0.3, 0.4) is 0 Å². The maximum Gasteiger partial charge on any atom is 0.438 e. The molecule has 3 aliphatic carbocycles. The molecule has 2 atom stereocenters. The summed E-state index contributed by atoms with van der Waals surface area (Å²) in [5.41, 5.74) is -2.78. The Bertz CT molecular complexity index is 1180. The normalized spacial score (nSPS) is 24.4. The van der Waals surface area contributed by atoms with Crippen molar-refractivity contribution < 1.29 is 48.8 Å². The molecule has 0 saturated heterocycles. The summed E-state index contributed by atoms with van der Waals surface area (Å²) in [7, 11) is -6.11. The van der Waals surface area contributed by atoms with E-state index >= 15 is 0 Å². The second-order valence-electron chi connectivity index (χ2n) is 8.54. The van der Waals surface area contributed by atoms with E-state index < -0.39 is 63.5 Å². The van der Waals surface area contributed by atoms with Crippen molar-refractivity contribution in [3.8, 4) is 0 Å². The first kappa shape index (κ1) is 24.5. The third kappa shape index (κ3) is 3.67. The third-order valence-corrected chi connectivity index (χ3v) is 7.39. The summed E-state index contributed by atoms with van der Waals surface area (Å²) < 4.78 is 119. The van der Waals surface area contributed by atoms with Crippen LogP contribution in [0.2, 0.25) is 0 Å². The smallest absolute Gasteiger partial charge is 0.438 e. The van der Waals surface area contributed by atoms with Crippen molar-refractivity contribution in [2.45, 2.75) is 36.7 Å². The number of carbonyl (C=O) groups excluding carboxylic acids is 1. The lowest BCUT2D eigenvalue weighted by Gasteiger charge is -2.49. The molecule has 0 fully saturated rings. The molecular weight excluding hydrogens is 490 g/mol. The lowest BCUT2D eigenvalue weighted by Crippen LogP contribution is -2.64. The van der Waals surface area contributed by atoms with Gasteiger partial charge in [-0.25, -0.2) is 8.42 Å². The monoisotopic (exact) mass is 507 g/mol. The van der Waals surface area contributed by atoms with Gasteiger partial charge < -0.3 is 9.29 Å². The fourth-order valence-electron chi connectivity index (χ4n) is 5.26. The van der Waals surface area contributed by atoms with Crippen LogP contribution in [0.4, 0.5) is 26.3 Å². The maximum absolute atomic E-state index is 13.7. The highest BCUT2D eigenvalue weighted by molar-refractivity contribution is 7.85. The van der Waals surface area contributed by atoms with Gasteiger partial charge in [-0.2, -0.15) is 26.3 Å². The summed E-state index contributed by atoms with van der Waals surface area (Å²) in [6, 6.07) is 13.6. The highest BCUT2D eigenvalue weighted by atomic mass is 32.2. The Balaban J connectivity index is 1.84. The zero-order chi connectivity index (χ0) is 25.3. The van der Waals surface area contributed by atoms with Crippen LogP contribution < -0.4 is 0 Å². The molecular formula is C22H17F6O5S-. The molecule has 5 rings (SSSR count). The van der Waals surface area contributed by atoms with E-state index in [1.807, 2.05) is 0 Å². The number of esters is 1. The molecule has 0 heterocycles. The topological polar surface area (TPSA) is 83.5 Å². The number of alkyl halides is 6. The van der Waals surface area contributed by atoms with Gasteiger partial charge in [-0.05, 0) is 28.2 Å². The molecule has 0 radical (unpaired) electrons. The van der Waals surface area contributed by atoms with E-state index in [1.54, 1.807) is 48.5 Å². The van der Waals surface area contributed by atoms with Gasteiger partial charge in [0.15, 0.2) is 0 Å². The van der Waals surface area contributed by atoms with Crippen LogP contribution in [0.5, 0.6) is 0 Å². The number of ether oxygens (including phenoxy) is 1. The number of hydrogen-bond acceptors (Lipinski definition) is 5. The van der Waals surface area contributed by atoms with E-state index in [-0.39, 0.29) is 0 Å². The second-order valence-corrected chi connectivity index (χ2v) is 9.95. The molecule has 34 heavy (non-hydrogen) atoms. The van der Waals surface area contributed by atoms with Crippen LogP contribution in [-0.4, -0.2) is 42.6 Å². The van der Waals surface area contributed by atoms with Gasteiger partial charge in [0.25, 0.3) is 0 Å². The molecule has 0 N–H and O–H groups in total. The Labute approximate surface area is 190 Å². The second kappa shape index (κ2) is 7.70. The fourth-order valence-corrected chi connectivity index (χ4v) is 6.15. The molecule has 0 spiro atoms. The van der Waals surface area contributed by atoms with Crippen LogP contribution in [0.25, 0.3) is 0 Å². The predicted molar refractivity (Wildman–Crippen MR) is 105 cm³/mol. The average molecular weight is 507 g/mol. The van der Waals surface area contributed by atoms with E-state index in [1.165, 1.54) is 6.92 Å². The molecule has 0 amide bonds. The molecule has 2 bridgehead atoms. The van der Waals surface area contributed by atoms with Crippen LogP contribution in [0, 0.1) is 11.8 Å². The van der Waals surface area contributed by atoms with Crippen molar-refractivity contribution in [3.05, 3.63) is 70.8 Å². The van der Waals surface area contributed by atoms with E-state index in [2.05, 4.69) is 4.74 Å². The highest BCUT2D eigenvalue weighted by Crippen LogP contribution is 2.59. The van der Waals surface area contributed by atoms with Gasteiger partial charge in [-0.1, -0.05) is 55.5 Å². The summed E-state index contributed by atoms with van der Waals surface area (Å²) in [4.78, 5) is 13.1. The summed E-state index contributed by atoms with van der Waals surface area (Å²) in [5, 5.41) is 0. The van der Waals surface area contributed by atoms with Crippen molar-refractivity contribution >= 4 is 16.1 Å². The predicted octanol–water partition coefficient (Wildman–Crippen LogP) is 4.48. The zero-order valence-electron chi connectivity index (χ0n) is 17.4. The molecule has 5 nitrogen and oxygen atoms in total. The van der Waals surface area contributed by atoms with Gasteiger partial charge in [-0.15, -0.1) is 0 Å². The first-order valence-corrected chi connectivity index (χ1v) is 11.6. The SMILES string of the molecule is CC1C2c3ccccc3C(c3ccccc32)C1C(=O)OC(CS(=O)(=O)[O-])(C(F)(F)F)C(F)(F)F. The number of fused-ring (bicyclic) bond motifs is 1. The molecule has 12 heteroatoms. The van der Waals surface area contributed by atoms with Gasteiger partial charge in [0, 0.05) is 11.8 Å². The minimum Gasteiger partial charge on any atom is -0.748 e.